The van der Waals surface area contributed by atoms with Gasteiger partial charge in [-0.15, -0.1) is 0 Å². The third-order valence-corrected chi connectivity index (χ3v) is 5.42. The molecule has 3 aromatic rings. The molecule has 1 fully saturated rings. The van der Waals surface area contributed by atoms with Crippen LogP contribution in [0.2, 0.25) is 0 Å². The summed E-state index contributed by atoms with van der Waals surface area (Å²) in [5.41, 5.74) is 3.24. The monoisotopic (exact) mass is 418 g/mol. The Morgan fingerprint density at radius 3 is 2.29 bits per heavy atom. The normalized spacial score (nSPS) is 14.8. The van der Waals surface area contributed by atoms with E-state index >= 15 is 0 Å². The Bertz CT molecular complexity index is 1050. The molecule has 0 saturated carbocycles. The number of nitrogens with zero attached hydrogens (tertiary/aromatic N) is 2. The third-order valence-electron chi connectivity index (χ3n) is 5.42. The van der Waals surface area contributed by atoms with E-state index < -0.39 is 11.8 Å². The second kappa shape index (κ2) is 10.1. The van der Waals surface area contributed by atoms with Crippen LogP contribution in [-0.4, -0.2) is 62.3 Å². The van der Waals surface area contributed by atoms with Crippen molar-refractivity contribution in [3.05, 3.63) is 60.2 Å². The summed E-state index contributed by atoms with van der Waals surface area (Å²) in [5, 5.41) is 11.0. The highest BCUT2D eigenvalue weighted by Crippen LogP contribution is 2.27. The molecule has 7 heteroatoms. The van der Waals surface area contributed by atoms with Gasteiger partial charge < -0.3 is 10.1 Å². The van der Waals surface area contributed by atoms with Gasteiger partial charge >= 0.3 is 11.8 Å². The van der Waals surface area contributed by atoms with Crippen LogP contribution in [0.3, 0.4) is 0 Å². The first-order valence-corrected chi connectivity index (χ1v) is 10.5. The lowest BCUT2D eigenvalue weighted by molar-refractivity contribution is -0.139. The number of ether oxygens (including phenoxy) is 1. The van der Waals surface area contributed by atoms with Gasteiger partial charge in [0.25, 0.3) is 0 Å². The van der Waals surface area contributed by atoms with Crippen molar-refractivity contribution in [2.24, 2.45) is 5.10 Å². The molecule has 3 aromatic carbocycles. The van der Waals surface area contributed by atoms with Gasteiger partial charge in [0.15, 0.2) is 0 Å². The average molecular weight is 418 g/mol. The minimum Gasteiger partial charge on any atom is -0.379 e. The number of fused-ring (bicyclic) bond motifs is 2. The summed E-state index contributed by atoms with van der Waals surface area (Å²) in [6.07, 6.45) is 2.39. The highest BCUT2D eigenvalue weighted by atomic mass is 16.5. The van der Waals surface area contributed by atoms with Crippen LogP contribution >= 0.6 is 0 Å². The fraction of sp³-hybridized carbons (Fsp3) is 0.292. The summed E-state index contributed by atoms with van der Waals surface area (Å²) < 4.78 is 5.31. The van der Waals surface area contributed by atoms with Crippen molar-refractivity contribution < 1.29 is 14.3 Å². The molecule has 1 aliphatic heterocycles. The molecule has 0 bridgehead atoms. The Morgan fingerprint density at radius 1 is 0.968 bits per heavy atom. The summed E-state index contributed by atoms with van der Waals surface area (Å²) in [5.74, 6) is -1.45. The Morgan fingerprint density at radius 2 is 1.61 bits per heavy atom. The molecule has 4 rings (SSSR count). The maximum absolute atomic E-state index is 12.1. The summed E-state index contributed by atoms with van der Waals surface area (Å²) in [6.45, 7) is 4.63. The van der Waals surface area contributed by atoms with E-state index in [2.05, 4.69) is 26.8 Å². The molecular weight excluding hydrogens is 392 g/mol. The molecule has 31 heavy (non-hydrogen) atoms. The molecule has 0 radical (unpaired) electrons. The van der Waals surface area contributed by atoms with Gasteiger partial charge in [0.05, 0.1) is 19.4 Å². The van der Waals surface area contributed by atoms with Crippen molar-refractivity contribution >= 4 is 39.6 Å². The number of rotatable bonds is 6. The van der Waals surface area contributed by atoms with E-state index in [1.54, 1.807) is 6.21 Å². The van der Waals surface area contributed by atoms with Gasteiger partial charge in [0.1, 0.15) is 0 Å². The zero-order valence-electron chi connectivity index (χ0n) is 17.3. The van der Waals surface area contributed by atoms with Gasteiger partial charge in [-0.3, -0.25) is 14.5 Å². The summed E-state index contributed by atoms with van der Waals surface area (Å²) in [7, 11) is 0. The average Bonchev–Trinajstić information content (AvgIpc) is 2.81. The molecule has 0 aromatic heterocycles. The number of hydrogen-bond donors (Lipinski definition) is 2. The van der Waals surface area contributed by atoms with Crippen LogP contribution in [0.25, 0.3) is 21.5 Å². The van der Waals surface area contributed by atoms with Gasteiger partial charge in [-0.05, 0) is 40.6 Å². The molecule has 2 N–H and O–H groups in total. The zero-order valence-corrected chi connectivity index (χ0v) is 17.3. The summed E-state index contributed by atoms with van der Waals surface area (Å²) >= 11 is 0. The summed E-state index contributed by atoms with van der Waals surface area (Å²) in [6, 6.07) is 18.2. The van der Waals surface area contributed by atoms with Gasteiger partial charge in [-0.1, -0.05) is 48.5 Å². The van der Waals surface area contributed by atoms with Gasteiger partial charge in [0.2, 0.25) is 0 Å². The molecule has 1 aliphatic rings. The lowest BCUT2D eigenvalue weighted by atomic mass is 9.97. The number of carbonyl (C=O) groups excluding carboxylic acids is 2. The van der Waals surface area contributed by atoms with E-state index in [1.165, 1.54) is 0 Å². The first kappa shape index (κ1) is 21.0. The van der Waals surface area contributed by atoms with Crippen molar-refractivity contribution in [1.82, 2.24) is 15.6 Å². The largest absolute Gasteiger partial charge is 0.379 e. The molecule has 160 valence electrons. The van der Waals surface area contributed by atoms with Crippen LogP contribution < -0.4 is 10.7 Å². The van der Waals surface area contributed by atoms with E-state index in [4.69, 9.17) is 4.74 Å². The SMILES string of the molecule is O=C(NCCCN1CCOCC1)C(=O)N/N=C\c1c2ccccc2cc2ccccc12. The quantitative estimate of drug-likeness (QED) is 0.212. The predicted octanol–water partition coefficient (Wildman–Crippen LogP) is 2.28. The molecule has 0 atom stereocenters. The Hall–Kier alpha value is -3.29. The van der Waals surface area contributed by atoms with Crippen LogP contribution in [0, 0.1) is 0 Å². The third kappa shape index (κ3) is 5.25. The van der Waals surface area contributed by atoms with Crippen LogP contribution in [0.5, 0.6) is 0 Å². The number of hydrogen-bond acceptors (Lipinski definition) is 5. The fourth-order valence-electron chi connectivity index (χ4n) is 3.80. The van der Waals surface area contributed by atoms with E-state index in [-0.39, 0.29) is 0 Å². The number of nitrogens with one attached hydrogen (secondary N) is 2. The molecule has 0 unspecified atom stereocenters. The lowest BCUT2D eigenvalue weighted by Gasteiger charge is -2.26. The molecule has 1 saturated heterocycles. The number of benzene rings is 3. The van der Waals surface area contributed by atoms with E-state index in [1.807, 2.05) is 48.5 Å². The Balaban J connectivity index is 1.35. The molecule has 0 aliphatic carbocycles. The predicted molar refractivity (Wildman–Crippen MR) is 122 cm³/mol. The topological polar surface area (TPSA) is 83.0 Å². The van der Waals surface area contributed by atoms with Crippen LogP contribution in [0.15, 0.2) is 59.7 Å². The molecule has 7 nitrogen and oxygen atoms in total. The highest BCUT2D eigenvalue weighted by Gasteiger charge is 2.13. The smallest absolute Gasteiger partial charge is 0.329 e. The van der Waals surface area contributed by atoms with Crippen LogP contribution in [-0.2, 0) is 14.3 Å². The standard InChI is InChI=1S/C24H26N4O3/c29-23(25-10-5-11-28-12-14-31-15-13-28)24(30)27-26-17-22-20-8-3-1-6-18(20)16-19-7-2-4-9-21(19)22/h1-4,6-9,16-17H,5,10-15H2,(H,25,29)(H,27,30)/b26-17-. The first-order valence-electron chi connectivity index (χ1n) is 10.5. The molecule has 2 amide bonds. The van der Waals surface area contributed by atoms with Crippen LogP contribution in [0.1, 0.15) is 12.0 Å². The van der Waals surface area contributed by atoms with E-state index in [9.17, 15) is 9.59 Å². The van der Waals surface area contributed by atoms with Gasteiger partial charge in [0, 0.05) is 25.2 Å². The van der Waals surface area contributed by atoms with E-state index in [0.717, 1.165) is 66.4 Å². The molecular formula is C24H26N4O3. The highest BCUT2D eigenvalue weighted by molar-refractivity contribution is 6.35. The number of hydrazone groups is 1. The maximum Gasteiger partial charge on any atom is 0.329 e. The van der Waals surface area contributed by atoms with Crippen molar-refractivity contribution in [3.63, 3.8) is 0 Å². The molecule has 0 spiro atoms. The second-order valence-electron chi connectivity index (χ2n) is 7.50. The van der Waals surface area contributed by atoms with Crippen molar-refractivity contribution in [2.75, 3.05) is 39.4 Å². The number of carbonyl (C=O) groups is 2. The Labute approximate surface area is 181 Å². The zero-order chi connectivity index (χ0) is 21.5. The van der Waals surface area contributed by atoms with Crippen LogP contribution in [0.4, 0.5) is 0 Å². The minimum atomic E-state index is -0.771. The van der Waals surface area contributed by atoms with Crippen molar-refractivity contribution in [2.45, 2.75) is 6.42 Å². The van der Waals surface area contributed by atoms with E-state index in [0.29, 0.717) is 6.54 Å². The van der Waals surface area contributed by atoms with Gasteiger partial charge in [-0.25, -0.2) is 5.43 Å². The first-order chi connectivity index (χ1) is 15.2. The number of amides is 2. The van der Waals surface area contributed by atoms with Gasteiger partial charge in [-0.2, -0.15) is 5.10 Å². The van der Waals surface area contributed by atoms with Crippen molar-refractivity contribution in [3.8, 4) is 0 Å². The Kier molecular flexibility index (Phi) is 6.86. The fourth-order valence-corrected chi connectivity index (χ4v) is 3.80. The summed E-state index contributed by atoms with van der Waals surface area (Å²) in [4.78, 5) is 26.4. The second-order valence-corrected chi connectivity index (χ2v) is 7.50. The molecule has 1 heterocycles. The minimum absolute atomic E-state index is 0.446. The van der Waals surface area contributed by atoms with Crippen molar-refractivity contribution in [1.29, 1.82) is 0 Å². The lowest BCUT2D eigenvalue weighted by Crippen LogP contribution is -2.40. The maximum atomic E-state index is 12.1. The number of morpholine rings is 1.